The quantitative estimate of drug-likeness (QED) is 0.469. The number of hydrogen-bond acceptors (Lipinski definition) is 2. The summed E-state index contributed by atoms with van der Waals surface area (Å²) in [6, 6.07) is 0. The molecular weight excluding hydrogens is 228 g/mol. The molecule has 0 radical (unpaired) electrons. The lowest BCUT2D eigenvalue weighted by Gasteiger charge is -2.09. The van der Waals surface area contributed by atoms with E-state index in [4.69, 9.17) is 0 Å². The summed E-state index contributed by atoms with van der Waals surface area (Å²) in [5.41, 5.74) is 0. The first-order valence-electron chi connectivity index (χ1n) is 7.48. The minimum Gasteiger partial charge on any atom is -0.393 e. The predicted octanol–water partition coefficient (Wildman–Crippen LogP) is 5.02. The number of unbranched alkanes of at least 4 members (excludes halogenated alkanes) is 7. The molecule has 0 rings (SSSR count). The third-order valence-electron chi connectivity index (χ3n) is 3.28. The molecule has 2 heteroatoms. The molecular formula is C15H32OS. The summed E-state index contributed by atoms with van der Waals surface area (Å²) in [6.45, 7) is 2.26. The van der Waals surface area contributed by atoms with E-state index in [0.717, 1.165) is 12.8 Å². The van der Waals surface area contributed by atoms with E-state index in [1.54, 1.807) is 0 Å². The summed E-state index contributed by atoms with van der Waals surface area (Å²) in [5, 5.41) is 9.74. The van der Waals surface area contributed by atoms with Crippen molar-refractivity contribution in [3.63, 3.8) is 0 Å². The van der Waals surface area contributed by atoms with Crippen molar-refractivity contribution < 1.29 is 5.11 Å². The van der Waals surface area contributed by atoms with Gasteiger partial charge < -0.3 is 5.11 Å². The van der Waals surface area contributed by atoms with Crippen molar-refractivity contribution in [2.45, 2.75) is 83.7 Å². The number of aliphatic hydroxyl groups is 1. The fraction of sp³-hybridized carbons (Fsp3) is 1.00. The summed E-state index contributed by atoms with van der Waals surface area (Å²) in [6.07, 6.45) is 16.1. The van der Waals surface area contributed by atoms with Gasteiger partial charge in [0.15, 0.2) is 0 Å². The van der Waals surface area contributed by atoms with Crippen LogP contribution >= 0.6 is 11.8 Å². The van der Waals surface area contributed by atoms with Crippen LogP contribution in [-0.4, -0.2) is 23.2 Å². The molecule has 17 heavy (non-hydrogen) atoms. The summed E-state index contributed by atoms with van der Waals surface area (Å²) >= 11 is 1.87. The van der Waals surface area contributed by atoms with Crippen LogP contribution in [0.3, 0.4) is 0 Å². The molecule has 0 fully saturated rings. The van der Waals surface area contributed by atoms with Crippen molar-refractivity contribution in [2.24, 2.45) is 0 Å². The highest BCUT2D eigenvalue weighted by Gasteiger charge is 2.03. The number of rotatable bonds is 13. The number of hydrogen-bond donors (Lipinski definition) is 1. The molecule has 104 valence electrons. The minimum absolute atomic E-state index is 0.0396. The molecule has 1 N–H and O–H groups in total. The molecule has 0 heterocycles. The Balaban J connectivity index is 3.05. The van der Waals surface area contributed by atoms with Crippen LogP contribution in [0, 0.1) is 0 Å². The van der Waals surface area contributed by atoms with E-state index >= 15 is 0 Å². The Kier molecular flexibility index (Phi) is 14.6. The van der Waals surface area contributed by atoms with E-state index < -0.39 is 0 Å². The molecule has 0 amide bonds. The maximum Gasteiger partial charge on any atom is 0.0540 e. The first-order chi connectivity index (χ1) is 8.31. The van der Waals surface area contributed by atoms with Gasteiger partial charge in [0.25, 0.3) is 0 Å². The fourth-order valence-electron chi connectivity index (χ4n) is 2.12. The average Bonchev–Trinajstić information content (AvgIpc) is 2.33. The second-order valence-electron chi connectivity index (χ2n) is 5.05. The second-order valence-corrected chi connectivity index (χ2v) is 6.04. The smallest absolute Gasteiger partial charge is 0.0540 e. The van der Waals surface area contributed by atoms with Gasteiger partial charge in [0.2, 0.25) is 0 Å². The lowest BCUT2D eigenvalue weighted by Crippen LogP contribution is -2.06. The van der Waals surface area contributed by atoms with Gasteiger partial charge >= 0.3 is 0 Å². The predicted molar refractivity (Wildman–Crippen MR) is 80.8 cm³/mol. The highest BCUT2D eigenvalue weighted by Crippen LogP contribution is 2.13. The van der Waals surface area contributed by atoms with Gasteiger partial charge in [0.1, 0.15) is 0 Å². The van der Waals surface area contributed by atoms with Crippen molar-refractivity contribution in [1.29, 1.82) is 0 Å². The van der Waals surface area contributed by atoms with Crippen molar-refractivity contribution >= 4 is 11.8 Å². The molecule has 0 bridgehead atoms. The van der Waals surface area contributed by atoms with E-state index in [1.165, 1.54) is 63.5 Å². The van der Waals surface area contributed by atoms with Gasteiger partial charge in [0.05, 0.1) is 6.10 Å². The van der Waals surface area contributed by atoms with Crippen LogP contribution in [0.4, 0.5) is 0 Å². The van der Waals surface area contributed by atoms with Gasteiger partial charge in [-0.05, 0) is 31.3 Å². The lowest BCUT2D eigenvalue weighted by atomic mass is 10.0. The van der Waals surface area contributed by atoms with E-state index in [0.29, 0.717) is 0 Å². The van der Waals surface area contributed by atoms with Crippen LogP contribution in [0.5, 0.6) is 0 Å². The average molecular weight is 260 g/mol. The van der Waals surface area contributed by atoms with Gasteiger partial charge in [-0.3, -0.25) is 0 Å². The van der Waals surface area contributed by atoms with E-state index in [9.17, 15) is 5.11 Å². The number of aliphatic hydroxyl groups excluding tert-OH is 1. The van der Waals surface area contributed by atoms with Gasteiger partial charge in [0, 0.05) is 0 Å². The van der Waals surface area contributed by atoms with Gasteiger partial charge in [-0.25, -0.2) is 0 Å². The van der Waals surface area contributed by atoms with Gasteiger partial charge in [-0.2, -0.15) is 11.8 Å². The molecule has 0 saturated carbocycles. The Morgan fingerprint density at radius 1 is 0.824 bits per heavy atom. The second kappa shape index (κ2) is 14.4. The SMILES string of the molecule is CCCCCCCCCCC(O)CCCSC. The molecule has 0 aromatic carbocycles. The fourth-order valence-corrected chi connectivity index (χ4v) is 2.58. The molecule has 0 aliphatic carbocycles. The number of thioether (sulfide) groups is 1. The largest absolute Gasteiger partial charge is 0.393 e. The van der Waals surface area contributed by atoms with Crippen LogP contribution in [-0.2, 0) is 0 Å². The maximum absolute atomic E-state index is 9.74. The van der Waals surface area contributed by atoms with Gasteiger partial charge in [-0.15, -0.1) is 0 Å². The monoisotopic (exact) mass is 260 g/mol. The van der Waals surface area contributed by atoms with Crippen LogP contribution in [0.25, 0.3) is 0 Å². The molecule has 0 spiro atoms. The zero-order valence-electron chi connectivity index (χ0n) is 11.9. The first-order valence-corrected chi connectivity index (χ1v) is 8.87. The van der Waals surface area contributed by atoms with Crippen molar-refractivity contribution in [3.05, 3.63) is 0 Å². The minimum atomic E-state index is -0.0396. The molecule has 0 aliphatic heterocycles. The summed E-state index contributed by atoms with van der Waals surface area (Å²) in [4.78, 5) is 0. The zero-order chi connectivity index (χ0) is 12.8. The normalized spacial score (nSPS) is 12.9. The van der Waals surface area contributed by atoms with Crippen LogP contribution in [0.1, 0.15) is 77.6 Å². The van der Waals surface area contributed by atoms with E-state index in [1.807, 2.05) is 11.8 Å². The first kappa shape index (κ1) is 17.3. The maximum atomic E-state index is 9.74. The Labute approximate surface area is 113 Å². The van der Waals surface area contributed by atoms with E-state index in [2.05, 4.69) is 13.2 Å². The Morgan fingerprint density at radius 2 is 1.35 bits per heavy atom. The third kappa shape index (κ3) is 14.2. The highest BCUT2D eigenvalue weighted by molar-refractivity contribution is 7.98. The van der Waals surface area contributed by atoms with E-state index in [-0.39, 0.29) is 6.10 Å². The molecule has 1 nitrogen and oxygen atoms in total. The molecule has 1 atom stereocenters. The molecule has 0 aliphatic rings. The van der Waals surface area contributed by atoms with Crippen LogP contribution < -0.4 is 0 Å². The molecule has 0 aromatic rings. The highest BCUT2D eigenvalue weighted by atomic mass is 32.2. The van der Waals surface area contributed by atoms with Crippen LogP contribution in [0.15, 0.2) is 0 Å². The Morgan fingerprint density at radius 3 is 1.94 bits per heavy atom. The van der Waals surface area contributed by atoms with Crippen molar-refractivity contribution in [2.75, 3.05) is 12.0 Å². The summed E-state index contributed by atoms with van der Waals surface area (Å²) < 4.78 is 0. The Bertz CT molecular complexity index is 139. The zero-order valence-corrected chi connectivity index (χ0v) is 12.7. The topological polar surface area (TPSA) is 20.2 Å². The third-order valence-corrected chi connectivity index (χ3v) is 3.97. The summed E-state index contributed by atoms with van der Waals surface area (Å²) in [5.74, 6) is 1.19. The van der Waals surface area contributed by atoms with Crippen molar-refractivity contribution in [3.8, 4) is 0 Å². The lowest BCUT2D eigenvalue weighted by molar-refractivity contribution is 0.150. The molecule has 0 aromatic heterocycles. The Hall–Kier alpha value is 0.310. The van der Waals surface area contributed by atoms with Crippen LogP contribution in [0.2, 0.25) is 0 Å². The standard InChI is InChI=1S/C15H32OS/c1-3-4-5-6-7-8-9-10-12-15(16)13-11-14-17-2/h15-16H,3-14H2,1-2H3. The van der Waals surface area contributed by atoms with Crippen molar-refractivity contribution in [1.82, 2.24) is 0 Å². The summed E-state index contributed by atoms with van der Waals surface area (Å²) in [7, 11) is 0. The molecule has 1 unspecified atom stereocenters. The van der Waals surface area contributed by atoms with Gasteiger partial charge in [-0.1, -0.05) is 58.3 Å². The molecule has 0 saturated heterocycles.